The standard InChI is InChI=1S/C21H24N4O2S/c1-21(2,3)22-19(26)14-24(4)20(27)17-13-16(18-11-8-12-28-18)23-25(17)15-9-6-5-7-10-15/h5-13H,14H2,1-4H3,(H,22,26). The van der Waals surface area contributed by atoms with Crippen LogP contribution in [0.25, 0.3) is 16.3 Å². The summed E-state index contributed by atoms with van der Waals surface area (Å²) in [6.07, 6.45) is 0. The van der Waals surface area contributed by atoms with E-state index in [1.165, 1.54) is 4.90 Å². The van der Waals surface area contributed by atoms with Crippen LogP contribution in [0.4, 0.5) is 0 Å². The van der Waals surface area contributed by atoms with Crippen molar-refractivity contribution in [3.63, 3.8) is 0 Å². The molecule has 2 aromatic heterocycles. The molecule has 28 heavy (non-hydrogen) atoms. The van der Waals surface area contributed by atoms with E-state index in [0.29, 0.717) is 5.69 Å². The highest BCUT2D eigenvalue weighted by atomic mass is 32.1. The van der Waals surface area contributed by atoms with Gasteiger partial charge in [0, 0.05) is 12.6 Å². The van der Waals surface area contributed by atoms with Crippen LogP contribution >= 0.6 is 11.3 Å². The van der Waals surface area contributed by atoms with E-state index in [0.717, 1.165) is 16.3 Å². The van der Waals surface area contributed by atoms with Gasteiger partial charge in [-0.3, -0.25) is 9.59 Å². The molecular weight excluding hydrogens is 372 g/mol. The maximum Gasteiger partial charge on any atom is 0.272 e. The van der Waals surface area contributed by atoms with E-state index in [1.807, 2.05) is 68.6 Å². The van der Waals surface area contributed by atoms with Gasteiger partial charge in [0.25, 0.3) is 5.91 Å². The minimum absolute atomic E-state index is 0.0234. The Hall–Kier alpha value is -2.93. The maximum absolute atomic E-state index is 13.1. The van der Waals surface area contributed by atoms with E-state index in [1.54, 1.807) is 29.1 Å². The lowest BCUT2D eigenvalue weighted by Gasteiger charge is -2.23. The van der Waals surface area contributed by atoms with Crippen LogP contribution in [0.5, 0.6) is 0 Å². The molecule has 3 rings (SSSR count). The first-order valence-corrected chi connectivity index (χ1v) is 9.88. The van der Waals surface area contributed by atoms with Crippen molar-refractivity contribution in [3.8, 4) is 16.3 Å². The number of rotatable bonds is 5. The van der Waals surface area contributed by atoms with Gasteiger partial charge in [0.15, 0.2) is 0 Å². The van der Waals surface area contributed by atoms with Crippen molar-refractivity contribution in [1.82, 2.24) is 20.0 Å². The Labute approximate surface area is 168 Å². The van der Waals surface area contributed by atoms with E-state index in [-0.39, 0.29) is 23.9 Å². The van der Waals surface area contributed by atoms with Crippen LogP contribution in [0, 0.1) is 0 Å². The Morgan fingerprint density at radius 2 is 1.86 bits per heavy atom. The third-order valence-corrected chi connectivity index (χ3v) is 4.84. The van der Waals surface area contributed by atoms with Gasteiger partial charge in [0.05, 0.1) is 17.1 Å². The molecule has 0 radical (unpaired) electrons. The number of carbonyl (C=O) groups excluding carboxylic acids is 2. The van der Waals surface area contributed by atoms with E-state index < -0.39 is 0 Å². The zero-order valence-corrected chi connectivity index (χ0v) is 17.3. The third-order valence-electron chi connectivity index (χ3n) is 3.94. The summed E-state index contributed by atoms with van der Waals surface area (Å²) >= 11 is 1.57. The minimum Gasteiger partial charge on any atom is -0.350 e. The first kappa shape index (κ1) is 19.8. The van der Waals surface area contributed by atoms with Gasteiger partial charge < -0.3 is 10.2 Å². The summed E-state index contributed by atoms with van der Waals surface area (Å²) in [7, 11) is 1.62. The van der Waals surface area contributed by atoms with Crippen molar-refractivity contribution in [2.24, 2.45) is 0 Å². The molecule has 0 saturated heterocycles. The Balaban J connectivity index is 1.91. The summed E-state index contributed by atoms with van der Waals surface area (Å²) in [6.45, 7) is 5.70. The van der Waals surface area contributed by atoms with Crippen LogP contribution < -0.4 is 5.32 Å². The van der Waals surface area contributed by atoms with E-state index in [9.17, 15) is 9.59 Å². The second kappa shape index (κ2) is 7.98. The lowest BCUT2D eigenvalue weighted by Crippen LogP contribution is -2.46. The summed E-state index contributed by atoms with van der Waals surface area (Å²) in [5.41, 5.74) is 1.59. The minimum atomic E-state index is -0.348. The van der Waals surface area contributed by atoms with Crippen molar-refractivity contribution < 1.29 is 9.59 Å². The first-order chi connectivity index (χ1) is 13.2. The summed E-state index contributed by atoms with van der Waals surface area (Å²) in [5.74, 6) is -0.462. The fraction of sp³-hybridized carbons (Fsp3) is 0.286. The fourth-order valence-electron chi connectivity index (χ4n) is 2.78. The molecule has 0 unspecified atom stereocenters. The molecule has 0 atom stereocenters. The van der Waals surface area contributed by atoms with Gasteiger partial charge in [-0.15, -0.1) is 11.3 Å². The number of hydrogen-bond donors (Lipinski definition) is 1. The van der Waals surface area contributed by atoms with E-state index >= 15 is 0 Å². The molecule has 0 aliphatic heterocycles. The monoisotopic (exact) mass is 396 g/mol. The van der Waals surface area contributed by atoms with Crippen LogP contribution in [0.1, 0.15) is 31.3 Å². The molecule has 0 fully saturated rings. The highest BCUT2D eigenvalue weighted by Crippen LogP contribution is 2.26. The zero-order valence-electron chi connectivity index (χ0n) is 16.5. The third kappa shape index (κ3) is 4.67. The topological polar surface area (TPSA) is 67.2 Å². The van der Waals surface area contributed by atoms with Crippen molar-refractivity contribution >= 4 is 23.2 Å². The van der Waals surface area contributed by atoms with Crippen LogP contribution in [-0.2, 0) is 4.79 Å². The Kier molecular flexibility index (Phi) is 5.65. The number of likely N-dealkylation sites (N-methyl/N-ethyl adjacent to an activating group) is 1. The lowest BCUT2D eigenvalue weighted by molar-refractivity contribution is -0.122. The summed E-state index contributed by atoms with van der Waals surface area (Å²) in [4.78, 5) is 27.7. The normalized spacial score (nSPS) is 11.3. The molecule has 1 N–H and O–H groups in total. The average molecular weight is 397 g/mol. The molecule has 7 heteroatoms. The smallest absolute Gasteiger partial charge is 0.272 e. The number of nitrogens with one attached hydrogen (secondary N) is 1. The summed E-state index contributed by atoms with van der Waals surface area (Å²) < 4.78 is 1.63. The van der Waals surface area contributed by atoms with Gasteiger partial charge in [-0.2, -0.15) is 5.10 Å². The number of nitrogens with zero attached hydrogens (tertiary/aromatic N) is 3. The molecule has 6 nitrogen and oxygen atoms in total. The van der Waals surface area contributed by atoms with Gasteiger partial charge >= 0.3 is 0 Å². The molecule has 0 aliphatic carbocycles. The van der Waals surface area contributed by atoms with Crippen molar-refractivity contribution in [3.05, 3.63) is 59.6 Å². The predicted octanol–water partition coefficient (Wildman–Crippen LogP) is 3.59. The second-order valence-corrected chi connectivity index (χ2v) is 8.55. The SMILES string of the molecule is CN(CC(=O)NC(C)(C)C)C(=O)c1cc(-c2cccs2)nn1-c1ccccc1. The molecular formula is C21H24N4O2S. The molecule has 0 aliphatic rings. The Morgan fingerprint density at radius 3 is 2.46 bits per heavy atom. The average Bonchev–Trinajstić information content (AvgIpc) is 3.29. The number of thiophene rings is 1. The number of hydrogen-bond acceptors (Lipinski definition) is 4. The highest BCUT2D eigenvalue weighted by Gasteiger charge is 2.23. The molecule has 146 valence electrons. The Bertz CT molecular complexity index is 956. The Morgan fingerprint density at radius 1 is 1.14 bits per heavy atom. The van der Waals surface area contributed by atoms with Crippen molar-refractivity contribution in [1.29, 1.82) is 0 Å². The number of benzene rings is 1. The molecule has 2 amide bonds. The van der Waals surface area contributed by atoms with Gasteiger partial charge in [0.1, 0.15) is 11.4 Å². The van der Waals surface area contributed by atoms with Gasteiger partial charge in [-0.25, -0.2) is 4.68 Å². The van der Waals surface area contributed by atoms with E-state index in [2.05, 4.69) is 10.4 Å². The van der Waals surface area contributed by atoms with Crippen molar-refractivity contribution in [2.75, 3.05) is 13.6 Å². The van der Waals surface area contributed by atoms with Gasteiger partial charge in [-0.1, -0.05) is 24.3 Å². The molecule has 0 saturated carbocycles. The maximum atomic E-state index is 13.1. The second-order valence-electron chi connectivity index (χ2n) is 7.60. The van der Waals surface area contributed by atoms with Crippen molar-refractivity contribution in [2.45, 2.75) is 26.3 Å². The first-order valence-electron chi connectivity index (χ1n) is 9.00. The predicted molar refractivity (Wildman–Crippen MR) is 112 cm³/mol. The van der Waals surface area contributed by atoms with Crippen LogP contribution in [-0.4, -0.2) is 45.6 Å². The molecule has 0 spiro atoms. The molecule has 0 bridgehead atoms. The summed E-state index contributed by atoms with van der Waals surface area (Å²) in [5, 5.41) is 9.49. The quantitative estimate of drug-likeness (QED) is 0.717. The molecule has 2 heterocycles. The van der Waals surface area contributed by atoms with Crippen LogP contribution in [0.15, 0.2) is 53.9 Å². The van der Waals surface area contributed by atoms with E-state index in [4.69, 9.17) is 0 Å². The number of amides is 2. The zero-order chi connectivity index (χ0) is 20.3. The molecule has 3 aromatic rings. The molecule has 1 aromatic carbocycles. The number of aromatic nitrogens is 2. The number of carbonyl (C=O) groups is 2. The number of para-hydroxylation sites is 1. The van der Waals surface area contributed by atoms with Crippen LogP contribution in [0.2, 0.25) is 0 Å². The largest absolute Gasteiger partial charge is 0.350 e. The fourth-order valence-corrected chi connectivity index (χ4v) is 3.47. The lowest BCUT2D eigenvalue weighted by atomic mass is 10.1. The highest BCUT2D eigenvalue weighted by molar-refractivity contribution is 7.13. The van der Waals surface area contributed by atoms with Gasteiger partial charge in [0.2, 0.25) is 5.91 Å². The van der Waals surface area contributed by atoms with Crippen LogP contribution in [0.3, 0.4) is 0 Å². The van der Waals surface area contributed by atoms with Gasteiger partial charge in [-0.05, 0) is 50.4 Å². The summed E-state index contributed by atoms with van der Waals surface area (Å²) in [6, 6.07) is 15.2.